The van der Waals surface area contributed by atoms with Crippen LogP contribution in [0.5, 0.6) is 0 Å². The smallest absolute Gasteiger partial charge is 0.435 e. The van der Waals surface area contributed by atoms with E-state index >= 15 is 0 Å². The summed E-state index contributed by atoms with van der Waals surface area (Å²) in [6, 6.07) is 5.01. The number of nitrogens with zero attached hydrogens (tertiary/aromatic N) is 3. The second-order valence-corrected chi connectivity index (χ2v) is 7.09. The molecule has 2 aliphatic rings. The Kier molecular flexibility index (Phi) is 6.30. The van der Waals surface area contributed by atoms with E-state index in [2.05, 4.69) is 10.5 Å². The minimum absolute atomic E-state index is 0.0148. The second-order valence-electron chi connectivity index (χ2n) is 7.09. The van der Waals surface area contributed by atoms with Crippen LogP contribution >= 0.6 is 0 Å². The number of benzene rings is 1. The Bertz CT molecular complexity index is 832. The number of hydrazone groups is 1. The Balaban J connectivity index is 1.74. The van der Waals surface area contributed by atoms with Gasteiger partial charge in [-0.2, -0.15) is 5.10 Å². The van der Waals surface area contributed by atoms with E-state index < -0.39 is 11.1 Å². The molecule has 10 heteroatoms. The minimum Gasteiger partial charge on any atom is -0.435 e. The normalized spacial score (nSPS) is 19.9. The zero-order chi connectivity index (χ0) is 21.0. The van der Waals surface area contributed by atoms with Gasteiger partial charge in [-0.15, -0.1) is 0 Å². The van der Waals surface area contributed by atoms with E-state index in [0.29, 0.717) is 49.3 Å². The van der Waals surface area contributed by atoms with Crippen molar-refractivity contribution in [2.24, 2.45) is 11.0 Å². The molecule has 3 rings (SSSR count). The highest BCUT2D eigenvalue weighted by Gasteiger charge is 2.29. The molecule has 2 aliphatic heterocycles. The number of amides is 1. The fourth-order valence-electron chi connectivity index (χ4n) is 3.60. The average molecular weight is 404 g/mol. The summed E-state index contributed by atoms with van der Waals surface area (Å²) < 4.78 is 10.0. The van der Waals surface area contributed by atoms with Crippen molar-refractivity contribution in [3.8, 4) is 0 Å². The molecule has 0 saturated carbocycles. The van der Waals surface area contributed by atoms with Gasteiger partial charge in [-0.05, 0) is 13.0 Å². The van der Waals surface area contributed by atoms with Gasteiger partial charge in [0.1, 0.15) is 11.8 Å². The average Bonchev–Trinajstić information content (AvgIpc) is 2.68. The highest BCUT2D eigenvalue weighted by Crippen LogP contribution is 2.33. The van der Waals surface area contributed by atoms with Gasteiger partial charge >= 0.3 is 6.16 Å². The number of piperidine rings is 1. The first kappa shape index (κ1) is 20.6. The van der Waals surface area contributed by atoms with Gasteiger partial charge in [-0.1, -0.05) is 13.0 Å². The van der Waals surface area contributed by atoms with Crippen molar-refractivity contribution in [3.63, 3.8) is 0 Å². The minimum atomic E-state index is -0.684. The second kappa shape index (κ2) is 8.89. The molecule has 0 spiro atoms. The lowest BCUT2D eigenvalue weighted by Crippen LogP contribution is -2.38. The molecule has 156 valence electrons. The fraction of sp³-hybridized carbons (Fsp3) is 0.526. The lowest BCUT2D eigenvalue weighted by atomic mass is 9.93. The monoisotopic (exact) mass is 404 g/mol. The van der Waals surface area contributed by atoms with E-state index in [1.165, 1.54) is 6.07 Å². The van der Waals surface area contributed by atoms with Gasteiger partial charge in [0.05, 0.1) is 17.2 Å². The predicted molar refractivity (Wildman–Crippen MR) is 105 cm³/mol. The highest BCUT2D eigenvalue weighted by molar-refractivity contribution is 6.06. The maximum Gasteiger partial charge on any atom is 0.508 e. The van der Waals surface area contributed by atoms with Crippen LogP contribution in [0.2, 0.25) is 0 Å². The zero-order valence-electron chi connectivity index (χ0n) is 16.4. The van der Waals surface area contributed by atoms with Crippen LogP contribution < -0.4 is 10.3 Å². The molecule has 10 nitrogen and oxygen atoms in total. The highest BCUT2D eigenvalue weighted by atomic mass is 16.7. The number of hydrogen-bond acceptors (Lipinski definition) is 8. The summed E-state index contributed by atoms with van der Waals surface area (Å²) in [6.45, 7) is 4.88. The Morgan fingerprint density at radius 1 is 1.38 bits per heavy atom. The summed E-state index contributed by atoms with van der Waals surface area (Å²) in [6.07, 6.45) is 0.476. The van der Waals surface area contributed by atoms with Gasteiger partial charge < -0.3 is 14.4 Å². The number of rotatable bonds is 5. The Hall–Kier alpha value is -3.17. The lowest BCUT2D eigenvalue weighted by molar-refractivity contribution is -0.384. The summed E-state index contributed by atoms with van der Waals surface area (Å²) in [4.78, 5) is 36.1. The largest absolute Gasteiger partial charge is 0.508 e. The van der Waals surface area contributed by atoms with E-state index in [1.54, 1.807) is 19.1 Å². The number of carbonyl (C=O) groups is 2. The van der Waals surface area contributed by atoms with Crippen molar-refractivity contribution >= 4 is 29.1 Å². The van der Waals surface area contributed by atoms with Crippen molar-refractivity contribution in [2.75, 3.05) is 24.6 Å². The fourth-order valence-corrected chi connectivity index (χ4v) is 3.60. The topological polar surface area (TPSA) is 123 Å². The number of carbonyl (C=O) groups excluding carboxylic acids is 2. The van der Waals surface area contributed by atoms with Crippen LogP contribution in [0.3, 0.4) is 0 Å². The molecule has 0 aromatic heterocycles. The Morgan fingerprint density at radius 2 is 2.10 bits per heavy atom. The van der Waals surface area contributed by atoms with Crippen molar-refractivity contribution in [1.82, 2.24) is 5.43 Å². The quantitative estimate of drug-likeness (QED) is 0.454. The van der Waals surface area contributed by atoms with Crippen LogP contribution in [0.15, 0.2) is 23.3 Å². The van der Waals surface area contributed by atoms with E-state index in [1.807, 2.05) is 11.8 Å². The van der Waals surface area contributed by atoms with Crippen LogP contribution in [0.4, 0.5) is 16.2 Å². The molecular weight excluding hydrogens is 380 g/mol. The van der Waals surface area contributed by atoms with Crippen LogP contribution in [0.1, 0.15) is 38.7 Å². The number of nitro groups is 1. The summed E-state index contributed by atoms with van der Waals surface area (Å²) in [5.74, 6) is -0.287. The van der Waals surface area contributed by atoms with E-state index in [9.17, 15) is 19.7 Å². The molecule has 1 fully saturated rings. The standard InChI is InChI=1S/C19H24N4O6/c1-3-28-19(25)29-14-6-8-22(9-7-14)15-5-4-13(11-16(15)23(26)27)18-12(2)10-17(24)20-21-18/h4-5,11-12,14H,3,6-10H2,1-2H3,(H,20,24). The molecule has 0 radical (unpaired) electrons. The summed E-state index contributed by atoms with van der Waals surface area (Å²) in [5, 5.41) is 15.8. The van der Waals surface area contributed by atoms with Gasteiger partial charge in [-0.25, -0.2) is 10.2 Å². The molecule has 1 saturated heterocycles. The maximum atomic E-state index is 11.7. The van der Waals surface area contributed by atoms with E-state index in [0.717, 1.165) is 0 Å². The first-order chi connectivity index (χ1) is 13.9. The van der Waals surface area contributed by atoms with Crippen LogP contribution in [-0.4, -0.2) is 48.5 Å². The van der Waals surface area contributed by atoms with Gasteiger partial charge in [-0.3, -0.25) is 14.9 Å². The van der Waals surface area contributed by atoms with Gasteiger partial charge in [0.2, 0.25) is 5.91 Å². The molecule has 0 bridgehead atoms. The van der Waals surface area contributed by atoms with Crippen LogP contribution in [0, 0.1) is 16.0 Å². The maximum absolute atomic E-state index is 11.7. The van der Waals surface area contributed by atoms with Crippen LogP contribution in [-0.2, 0) is 14.3 Å². The number of anilines is 1. The van der Waals surface area contributed by atoms with Crippen molar-refractivity contribution in [1.29, 1.82) is 0 Å². The number of nitrogens with one attached hydrogen (secondary N) is 1. The molecule has 1 N–H and O–H groups in total. The van der Waals surface area contributed by atoms with Crippen molar-refractivity contribution in [3.05, 3.63) is 33.9 Å². The third-order valence-corrected chi connectivity index (χ3v) is 5.04. The molecule has 29 heavy (non-hydrogen) atoms. The van der Waals surface area contributed by atoms with Crippen molar-refractivity contribution in [2.45, 2.75) is 39.2 Å². The molecule has 1 unspecified atom stereocenters. The van der Waals surface area contributed by atoms with Gasteiger partial charge in [0, 0.05) is 49.9 Å². The third-order valence-electron chi connectivity index (χ3n) is 5.04. The number of nitro benzene ring substituents is 1. The van der Waals surface area contributed by atoms with E-state index in [4.69, 9.17) is 9.47 Å². The van der Waals surface area contributed by atoms with Gasteiger partial charge in [0.15, 0.2) is 0 Å². The lowest BCUT2D eigenvalue weighted by Gasteiger charge is -2.32. The van der Waals surface area contributed by atoms with Crippen molar-refractivity contribution < 1.29 is 24.0 Å². The summed E-state index contributed by atoms with van der Waals surface area (Å²) in [7, 11) is 0. The zero-order valence-corrected chi connectivity index (χ0v) is 16.4. The Morgan fingerprint density at radius 3 is 2.72 bits per heavy atom. The molecule has 1 aromatic carbocycles. The molecule has 1 aromatic rings. The predicted octanol–water partition coefficient (Wildman–Crippen LogP) is 2.60. The molecular formula is C19H24N4O6. The first-order valence-corrected chi connectivity index (χ1v) is 9.62. The van der Waals surface area contributed by atoms with Gasteiger partial charge in [0.25, 0.3) is 5.69 Å². The Labute approximate surface area is 168 Å². The molecule has 1 amide bonds. The SMILES string of the molecule is CCOC(=O)OC1CCN(c2ccc(C3=NNC(=O)CC3C)cc2[N+](=O)[O-])CC1. The molecule has 0 aliphatic carbocycles. The number of ether oxygens (including phenoxy) is 2. The molecule has 2 heterocycles. The summed E-state index contributed by atoms with van der Waals surface area (Å²) in [5.41, 5.74) is 4.18. The first-order valence-electron chi connectivity index (χ1n) is 9.62. The summed E-state index contributed by atoms with van der Waals surface area (Å²) >= 11 is 0. The number of hydrogen-bond donors (Lipinski definition) is 1. The third kappa shape index (κ3) is 4.82. The van der Waals surface area contributed by atoms with E-state index in [-0.39, 0.29) is 30.2 Å². The van der Waals surface area contributed by atoms with Crippen LogP contribution in [0.25, 0.3) is 0 Å². The molecule has 1 atom stereocenters.